The van der Waals surface area contributed by atoms with E-state index in [4.69, 9.17) is 5.11 Å². The molecule has 2 atom stereocenters. The van der Waals surface area contributed by atoms with Crippen molar-refractivity contribution in [2.45, 2.75) is 70.8 Å². The Balaban J connectivity index is 2.67. The molecule has 1 rings (SSSR count). The number of aromatic nitrogens is 1. The van der Waals surface area contributed by atoms with E-state index in [1.165, 1.54) is 38.2 Å². The van der Waals surface area contributed by atoms with Crippen molar-refractivity contribution >= 4 is 11.9 Å². The lowest BCUT2D eigenvalue weighted by Gasteiger charge is -2.12. The van der Waals surface area contributed by atoms with Crippen molar-refractivity contribution < 1.29 is 14.7 Å². The maximum atomic E-state index is 12.4. The molecular weight excluding hydrogens is 376 g/mol. The first kappa shape index (κ1) is 25.0. The van der Waals surface area contributed by atoms with Gasteiger partial charge in [-0.1, -0.05) is 75.9 Å². The van der Waals surface area contributed by atoms with Crippen LogP contribution in [0, 0.1) is 29.6 Å². The van der Waals surface area contributed by atoms with Gasteiger partial charge in [0, 0.05) is 12.1 Å². The van der Waals surface area contributed by atoms with Crippen LogP contribution >= 0.6 is 0 Å². The van der Waals surface area contributed by atoms with Gasteiger partial charge < -0.3 is 10.4 Å². The van der Waals surface area contributed by atoms with Gasteiger partial charge in [0.2, 0.25) is 0 Å². The molecule has 0 aliphatic heterocycles. The van der Waals surface area contributed by atoms with Gasteiger partial charge in [-0.2, -0.15) is 0 Å². The Labute approximate surface area is 180 Å². The van der Waals surface area contributed by atoms with Crippen LogP contribution in [0.4, 0.5) is 0 Å². The summed E-state index contributed by atoms with van der Waals surface area (Å²) in [6.07, 6.45) is 12.0. The van der Waals surface area contributed by atoms with Crippen molar-refractivity contribution in [2.75, 3.05) is 0 Å². The summed E-state index contributed by atoms with van der Waals surface area (Å²) in [6, 6.07) is 4.86. The van der Waals surface area contributed by atoms with Gasteiger partial charge in [-0.3, -0.25) is 14.6 Å². The molecule has 0 unspecified atom stereocenters. The Hall–Kier alpha value is -3.05. The topological polar surface area (TPSA) is 79.3 Å². The molecule has 160 valence electrons. The highest BCUT2D eigenvalue weighted by Gasteiger charge is 2.12. The molecule has 5 heteroatoms. The number of carboxylic acids is 1. The smallest absolute Gasteiger partial charge is 0.304 e. The third kappa shape index (κ3) is 11.7. The van der Waals surface area contributed by atoms with Crippen LogP contribution < -0.4 is 5.32 Å². The van der Waals surface area contributed by atoms with Crippen LogP contribution in [-0.2, 0) is 4.79 Å². The number of pyridine rings is 1. The van der Waals surface area contributed by atoms with Crippen LogP contribution in [0.15, 0.2) is 37.1 Å². The number of nitrogens with one attached hydrogen (secondary N) is 1. The van der Waals surface area contributed by atoms with Gasteiger partial charge in [0.05, 0.1) is 12.5 Å². The molecule has 1 aromatic heterocycles. The second-order valence-electron chi connectivity index (χ2n) is 7.13. The van der Waals surface area contributed by atoms with E-state index in [0.717, 1.165) is 19.3 Å². The maximum absolute atomic E-state index is 12.4. The average Bonchev–Trinajstić information content (AvgIpc) is 2.75. The quantitative estimate of drug-likeness (QED) is 0.284. The Bertz CT molecular complexity index is 781. The minimum absolute atomic E-state index is 0.101. The number of carboxylic acid groups (broad SMARTS) is 1. The van der Waals surface area contributed by atoms with E-state index in [1.807, 2.05) is 0 Å². The summed E-state index contributed by atoms with van der Waals surface area (Å²) in [7, 11) is 0. The van der Waals surface area contributed by atoms with E-state index >= 15 is 0 Å². The highest BCUT2D eigenvalue weighted by molar-refractivity contribution is 5.92. The number of aliphatic carboxylic acids is 1. The molecule has 2 N–H and O–H groups in total. The second kappa shape index (κ2) is 15.8. The number of amides is 1. The van der Waals surface area contributed by atoms with Gasteiger partial charge in [-0.25, -0.2) is 0 Å². The largest absolute Gasteiger partial charge is 0.481 e. The van der Waals surface area contributed by atoms with Gasteiger partial charge >= 0.3 is 5.97 Å². The summed E-state index contributed by atoms with van der Waals surface area (Å²) in [5.41, 5.74) is 0.350. The van der Waals surface area contributed by atoms with Crippen molar-refractivity contribution in [3.8, 4) is 23.7 Å². The molecule has 1 amide bonds. The molecular formula is C25H32N2O3. The number of allylic oxidation sites excluding steroid dienone is 1. The molecule has 0 spiro atoms. The van der Waals surface area contributed by atoms with Crippen molar-refractivity contribution in [3.05, 3.63) is 42.7 Å². The predicted octanol–water partition coefficient (Wildman–Crippen LogP) is 4.60. The number of nitrogens with zero attached hydrogens (tertiary/aromatic N) is 1. The number of carbonyl (C=O) groups is 2. The lowest BCUT2D eigenvalue weighted by molar-refractivity contribution is -0.137. The molecule has 0 aliphatic carbocycles. The van der Waals surface area contributed by atoms with E-state index in [9.17, 15) is 9.59 Å². The summed E-state index contributed by atoms with van der Waals surface area (Å²) < 4.78 is 0. The summed E-state index contributed by atoms with van der Waals surface area (Å²) in [6.45, 7) is 5.80. The maximum Gasteiger partial charge on any atom is 0.304 e. The van der Waals surface area contributed by atoms with Crippen molar-refractivity contribution in [2.24, 2.45) is 5.92 Å². The third-order valence-electron chi connectivity index (χ3n) is 4.54. The fraction of sp³-hybridized carbons (Fsp3) is 0.480. The molecule has 0 saturated heterocycles. The number of unbranched alkanes of at least 4 members (excludes halogenated alkanes) is 6. The molecule has 0 aliphatic rings. The van der Waals surface area contributed by atoms with Crippen LogP contribution in [-0.4, -0.2) is 28.0 Å². The van der Waals surface area contributed by atoms with Gasteiger partial charge in [-0.05, 0) is 30.4 Å². The van der Waals surface area contributed by atoms with Crippen LogP contribution in [0.25, 0.3) is 0 Å². The van der Waals surface area contributed by atoms with Crippen LogP contribution in [0.3, 0.4) is 0 Å². The average molecular weight is 409 g/mol. The molecule has 0 bridgehead atoms. The number of carbonyl (C=O) groups excluding carboxylic acids is 1. The molecule has 0 aromatic carbocycles. The number of hydrogen-bond donors (Lipinski definition) is 2. The fourth-order valence-electron chi connectivity index (χ4n) is 2.85. The van der Waals surface area contributed by atoms with Crippen LogP contribution in [0.1, 0.15) is 75.2 Å². The Morgan fingerprint density at radius 3 is 2.47 bits per heavy atom. The van der Waals surface area contributed by atoms with Crippen molar-refractivity contribution in [3.63, 3.8) is 0 Å². The molecule has 30 heavy (non-hydrogen) atoms. The Morgan fingerprint density at radius 2 is 1.83 bits per heavy atom. The highest BCUT2D eigenvalue weighted by Crippen LogP contribution is 2.10. The predicted molar refractivity (Wildman–Crippen MR) is 120 cm³/mol. The van der Waals surface area contributed by atoms with Crippen LogP contribution in [0.5, 0.6) is 0 Å². The second-order valence-corrected chi connectivity index (χ2v) is 7.13. The van der Waals surface area contributed by atoms with Crippen molar-refractivity contribution in [1.29, 1.82) is 0 Å². The van der Waals surface area contributed by atoms with Gasteiger partial charge in [0.15, 0.2) is 0 Å². The molecule has 0 saturated carbocycles. The lowest BCUT2D eigenvalue weighted by Crippen LogP contribution is -2.34. The standard InChI is InChI=1S/C25H32N2O3/c1-3-5-6-7-8-9-10-16-22(27-25(30)23-18-13-14-19-26-23)17-12-11-15-21(4-2)20-24(28)29/h4,13-14,18-19,21-22H,2-3,5-10,16,20H2,1H3,(H,27,30)(H,28,29)/t21-,22+/m0/s1. The van der Waals surface area contributed by atoms with E-state index < -0.39 is 11.9 Å². The first-order valence-electron chi connectivity index (χ1n) is 10.6. The minimum atomic E-state index is -0.929. The molecule has 0 radical (unpaired) electrons. The lowest BCUT2D eigenvalue weighted by atomic mass is 10.0. The Morgan fingerprint density at radius 1 is 1.13 bits per heavy atom. The number of hydrogen-bond acceptors (Lipinski definition) is 3. The Kier molecular flexibility index (Phi) is 13.2. The molecule has 5 nitrogen and oxygen atoms in total. The fourth-order valence-corrected chi connectivity index (χ4v) is 2.85. The number of rotatable bonds is 13. The molecule has 1 aromatic rings. The molecule has 1 heterocycles. The van der Waals surface area contributed by atoms with Gasteiger partial charge in [0.1, 0.15) is 5.69 Å². The van der Waals surface area contributed by atoms with Gasteiger partial charge in [0.25, 0.3) is 5.91 Å². The first-order valence-corrected chi connectivity index (χ1v) is 10.6. The van der Waals surface area contributed by atoms with Gasteiger partial charge in [-0.15, -0.1) is 6.58 Å². The van der Waals surface area contributed by atoms with E-state index in [2.05, 4.69) is 47.5 Å². The highest BCUT2D eigenvalue weighted by atomic mass is 16.4. The summed E-state index contributed by atoms with van der Waals surface area (Å²) >= 11 is 0. The molecule has 0 fully saturated rings. The summed E-state index contributed by atoms with van der Waals surface area (Å²) in [5, 5.41) is 11.8. The SMILES string of the molecule is C=C[C@@H](C#CC#C[C@@H](CCCCCCCCC)NC(=O)c1ccccn1)CC(=O)O. The van der Waals surface area contributed by atoms with E-state index in [1.54, 1.807) is 24.4 Å². The minimum Gasteiger partial charge on any atom is -0.481 e. The normalized spacial score (nSPS) is 11.8. The van der Waals surface area contributed by atoms with E-state index in [0.29, 0.717) is 5.69 Å². The van der Waals surface area contributed by atoms with E-state index in [-0.39, 0.29) is 18.4 Å². The van der Waals surface area contributed by atoms with Crippen LogP contribution in [0.2, 0.25) is 0 Å². The zero-order valence-corrected chi connectivity index (χ0v) is 17.8. The van der Waals surface area contributed by atoms with Crippen molar-refractivity contribution in [1.82, 2.24) is 10.3 Å². The first-order chi connectivity index (χ1) is 14.6. The third-order valence-corrected chi connectivity index (χ3v) is 4.54. The summed E-state index contributed by atoms with van der Waals surface area (Å²) in [5.74, 6) is 9.61. The summed E-state index contributed by atoms with van der Waals surface area (Å²) in [4.78, 5) is 27.3. The zero-order valence-electron chi connectivity index (χ0n) is 17.8. The monoisotopic (exact) mass is 408 g/mol. The zero-order chi connectivity index (χ0) is 22.0.